The van der Waals surface area contributed by atoms with Gasteiger partial charge in [-0.25, -0.2) is 9.78 Å². The Hall–Kier alpha value is -4.11. The smallest absolute Gasteiger partial charge is 0.268 e. The molecule has 0 unspecified atom stereocenters. The molecule has 0 saturated heterocycles. The Bertz CT molecular complexity index is 1870. The van der Waals surface area contributed by atoms with Crippen LogP contribution >= 0.6 is 35.6 Å². The standard InChI is InChI=1S/C29H17ClN4O2S2/c30-21-14-10-20(11-15-21)28-34(32-29(37)38-28)26(35)19-12-16-22(17-13-19)33-25(18-6-2-1-3-7-18)31-24-9-5-4-8-23(24)27(33)36/h1-17H/p+1. The summed E-state index contributed by atoms with van der Waals surface area (Å²) < 4.78 is 3.37. The van der Waals surface area contributed by atoms with E-state index in [1.54, 1.807) is 47.0 Å². The molecule has 4 aromatic carbocycles. The molecule has 0 aliphatic rings. The fraction of sp³-hybridized carbons (Fsp3) is 0. The Morgan fingerprint density at radius 2 is 1.53 bits per heavy atom. The van der Waals surface area contributed by atoms with Crippen molar-refractivity contribution in [2.75, 3.05) is 0 Å². The fourth-order valence-electron chi connectivity index (χ4n) is 4.22. The summed E-state index contributed by atoms with van der Waals surface area (Å²) in [5.41, 5.74) is 3.06. The first-order valence-corrected chi connectivity index (χ1v) is 13.2. The number of carbonyl (C=O) groups is 1. The predicted molar refractivity (Wildman–Crippen MR) is 153 cm³/mol. The lowest BCUT2D eigenvalue weighted by Crippen LogP contribution is -2.46. The lowest BCUT2D eigenvalue weighted by molar-refractivity contribution is -0.621. The molecule has 0 radical (unpaired) electrons. The third-order valence-corrected chi connectivity index (χ3v) is 7.51. The van der Waals surface area contributed by atoms with Gasteiger partial charge < -0.3 is 0 Å². The molecule has 0 amide bonds. The largest absolute Gasteiger partial charge is 0.450 e. The molecule has 6 aromatic rings. The Balaban J connectivity index is 1.44. The number of rotatable bonds is 4. The van der Waals surface area contributed by atoms with E-state index in [2.05, 4.69) is 17.7 Å². The van der Waals surface area contributed by atoms with Gasteiger partial charge in [0.25, 0.3) is 5.56 Å². The third kappa shape index (κ3) is 4.43. The first-order chi connectivity index (χ1) is 18.5. The quantitative estimate of drug-likeness (QED) is 0.212. The monoisotopic (exact) mass is 553 g/mol. The molecule has 0 fully saturated rings. The zero-order valence-electron chi connectivity index (χ0n) is 19.7. The zero-order chi connectivity index (χ0) is 26.2. The van der Waals surface area contributed by atoms with Crippen molar-refractivity contribution < 1.29 is 9.48 Å². The van der Waals surface area contributed by atoms with E-state index in [-0.39, 0.29) is 11.5 Å². The maximum Gasteiger partial charge on any atom is 0.450 e. The molecule has 9 heteroatoms. The Labute approximate surface area is 231 Å². The molecule has 0 atom stereocenters. The summed E-state index contributed by atoms with van der Waals surface area (Å²) in [5.74, 6) is 0.206. The van der Waals surface area contributed by atoms with Gasteiger partial charge in [0.1, 0.15) is 5.82 Å². The normalized spacial score (nSPS) is 11.1. The number of aromatic nitrogens is 4. The van der Waals surface area contributed by atoms with Gasteiger partial charge >= 0.3 is 10.9 Å². The number of para-hydroxylation sites is 1. The van der Waals surface area contributed by atoms with Crippen LogP contribution in [0.2, 0.25) is 5.02 Å². The summed E-state index contributed by atoms with van der Waals surface area (Å²) in [4.78, 5) is 31.9. The number of fused-ring (bicyclic) bond motifs is 1. The minimum Gasteiger partial charge on any atom is -0.268 e. The Morgan fingerprint density at radius 3 is 2.26 bits per heavy atom. The first-order valence-electron chi connectivity index (χ1n) is 11.6. The number of thiol groups is 1. The van der Waals surface area contributed by atoms with Crippen molar-refractivity contribution in [3.05, 3.63) is 124 Å². The second kappa shape index (κ2) is 9.98. The van der Waals surface area contributed by atoms with E-state index >= 15 is 0 Å². The molecule has 2 aromatic heterocycles. The molecule has 0 bridgehead atoms. The van der Waals surface area contributed by atoms with Gasteiger partial charge in [-0.1, -0.05) is 54.1 Å². The lowest BCUT2D eigenvalue weighted by Gasteiger charge is -2.14. The van der Waals surface area contributed by atoms with Gasteiger partial charge in [-0.3, -0.25) is 9.36 Å². The van der Waals surface area contributed by atoms with Crippen LogP contribution in [0.5, 0.6) is 0 Å². The van der Waals surface area contributed by atoms with Crippen LogP contribution < -0.4 is 10.2 Å². The highest BCUT2D eigenvalue weighted by Gasteiger charge is 2.30. The number of hydrogen-bond acceptors (Lipinski definition) is 6. The number of hydrogen-bond donors (Lipinski definition) is 1. The molecule has 6 rings (SSSR count). The van der Waals surface area contributed by atoms with Crippen LogP contribution in [0.25, 0.3) is 38.5 Å². The van der Waals surface area contributed by atoms with Crippen molar-refractivity contribution in [2.24, 2.45) is 0 Å². The van der Waals surface area contributed by atoms with Gasteiger partial charge in [0.15, 0.2) is 0 Å². The number of carbonyl (C=O) groups excluding carboxylic acids is 1. The SMILES string of the molecule is O=C(c1ccc(-n2c(-c3ccccc3)nc3ccccc3c2=O)cc1)[n+]1nc(S)sc1-c1ccc(Cl)cc1. The fourth-order valence-corrected chi connectivity index (χ4v) is 5.46. The second-order valence-electron chi connectivity index (χ2n) is 8.42. The van der Waals surface area contributed by atoms with Crippen molar-refractivity contribution in [1.82, 2.24) is 14.6 Å². The summed E-state index contributed by atoms with van der Waals surface area (Å²) in [5, 5.41) is 6.08. The van der Waals surface area contributed by atoms with Gasteiger partial charge in [0.2, 0.25) is 4.34 Å². The van der Waals surface area contributed by atoms with Crippen LogP contribution in [0.4, 0.5) is 0 Å². The molecule has 0 aliphatic carbocycles. The van der Waals surface area contributed by atoms with E-state index in [0.29, 0.717) is 42.3 Å². The lowest BCUT2D eigenvalue weighted by atomic mass is 10.1. The molecular formula is C29H18ClN4O2S2+. The summed E-state index contributed by atoms with van der Waals surface area (Å²) in [7, 11) is 0. The second-order valence-corrected chi connectivity index (χ2v) is 10.6. The van der Waals surface area contributed by atoms with Gasteiger partial charge in [0.05, 0.1) is 27.7 Å². The van der Waals surface area contributed by atoms with Gasteiger partial charge in [-0.15, -0.1) is 12.6 Å². The summed E-state index contributed by atoms with van der Waals surface area (Å²) >= 11 is 11.7. The molecule has 2 heterocycles. The zero-order valence-corrected chi connectivity index (χ0v) is 22.1. The van der Waals surface area contributed by atoms with Crippen LogP contribution in [0.15, 0.2) is 112 Å². The van der Waals surface area contributed by atoms with Crippen LogP contribution in [-0.2, 0) is 0 Å². The number of nitrogens with zero attached hydrogens (tertiary/aromatic N) is 4. The van der Waals surface area contributed by atoms with E-state index in [9.17, 15) is 9.59 Å². The minimum absolute atomic E-state index is 0.188. The van der Waals surface area contributed by atoms with E-state index < -0.39 is 0 Å². The van der Waals surface area contributed by atoms with Gasteiger partial charge in [0, 0.05) is 20.4 Å². The van der Waals surface area contributed by atoms with Crippen LogP contribution in [0.1, 0.15) is 10.4 Å². The van der Waals surface area contributed by atoms with E-state index in [4.69, 9.17) is 16.6 Å². The molecule has 0 spiro atoms. The Kier molecular flexibility index (Phi) is 6.37. The van der Waals surface area contributed by atoms with Crippen molar-refractivity contribution >= 4 is 52.4 Å². The molecule has 184 valence electrons. The number of benzene rings is 4. The average Bonchev–Trinajstić information content (AvgIpc) is 3.35. The van der Waals surface area contributed by atoms with Crippen molar-refractivity contribution in [2.45, 2.75) is 4.34 Å². The molecule has 0 saturated carbocycles. The van der Waals surface area contributed by atoms with Gasteiger partial charge in [-0.05, 0) is 72.0 Å². The summed E-state index contributed by atoms with van der Waals surface area (Å²) in [6.07, 6.45) is 0. The van der Waals surface area contributed by atoms with Crippen LogP contribution in [0.3, 0.4) is 0 Å². The molecule has 38 heavy (non-hydrogen) atoms. The van der Waals surface area contributed by atoms with E-state index in [1.165, 1.54) is 16.0 Å². The molecule has 0 N–H and O–H groups in total. The van der Waals surface area contributed by atoms with Crippen molar-refractivity contribution in [3.8, 4) is 27.6 Å². The Morgan fingerprint density at radius 1 is 0.842 bits per heavy atom. The molecular weight excluding hydrogens is 536 g/mol. The summed E-state index contributed by atoms with van der Waals surface area (Å²) in [6.45, 7) is 0. The topological polar surface area (TPSA) is 68.7 Å². The summed E-state index contributed by atoms with van der Waals surface area (Å²) in [6, 6.07) is 30.9. The molecule has 6 nitrogen and oxygen atoms in total. The first kappa shape index (κ1) is 24.2. The third-order valence-electron chi connectivity index (χ3n) is 6.03. The van der Waals surface area contributed by atoms with Crippen molar-refractivity contribution in [3.63, 3.8) is 0 Å². The van der Waals surface area contributed by atoms with E-state index in [1.807, 2.05) is 60.7 Å². The van der Waals surface area contributed by atoms with Gasteiger partial charge in [-0.2, -0.15) is 0 Å². The molecule has 0 aliphatic heterocycles. The number of halogens is 1. The van der Waals surface area contributed by atoms with Crippen molar-refractivity contribution in [1.29, 1.82) is 0 Å². The maximum absolute atomic E-state index is 13.6. The highest BCUT2D eigenvalue weighted by Crippen LogP contribution is 2.26. The van der Waals surface area contributed by atoms with Crippen LogP contribution in [0, 0.1) is 0 Å². The maximum atomic E-state index is 13.6. The predicted octanol–water partition coefficient (Wildman–Crippen LogP) is 6.09. The minimum atomic E-state index is -0.315. The average molecular weight is 554 g/mol. The van der Waals surface area contributed by atoms with Crippen LogP contribution in [-0.4, -0.2) is 20.6 Å². The highest BCUT2D eigenvalue weighted by molar-refractivity contribution is 7.82. The highest BCUT2D eigenvalue weighted by atomic mass is 35.5. The van der Waals surface area contributed by atoms with E-state index in [0.717, 1.165) is 11.1 Å².